The van der Waals surface area contributed by atoms with E-state index in [0.29, 0.717) is 28.7 Å². The first-order valence-corrected chi connectivity index (χ1v) is 14.0. The number of hydrogen-bond donors (Lipinski definition) is 1. The van der Waals surface area contributed by atoms with Gasteiger partial charge < -0.3 is 10.2 Å². The molecule has 1 N–H and O–H groups in total. The van der Waals surface area contributed by atoms with E-state index >= 15 is 0 Å². The van der Waals surface area contributed by atoms with Crippen LogP contribution in [0.2, 0.25) is 10.0 Å². The van der Waals surface area contributed by atoms with Crippen LogP contribution in [-0.2, 0) is 26.2 Å². The molecule has 2 rings (SSSR count). The third kappa shape index (κ3) is 8.40. The van der Waals surface area contributed by atoms with Crippen molar-refractivity contribution in [3.8, 4) is 0 Å². The fourth-order valence-electron chi connectivity index (χ4n) is 3.84. The van der Waals surface area contributed by atoms with Crippen LogP contribution in [0, 0.1) is 13.8 Å². The SMILES string of the molecule is CCNC(=O)[C@@H](C)N(Cc1ccc(Cl)c(Cl)c1)C(=O)CCCN(c1cc(C)cc(C)c1)S(C)(=O)=O. The van der Waals surface area contributed by atoms with Crippen molar-refractivity contribution in [2.45, 2.75) is 53.1 Å². The summed E-state index contributed by atoms with van der Waals surface area (Å²) in [6, 6.07) is 9.93. The molecule has 0 aliphatic rings. The van der Waals surface area contributed by atoms with E-state index in [1.54, 1.807) is 25.1 Å². The van der Waals surface area contributed by atoms with E-state index in [9.17, 15) is 18.0 Å². The molecule has 0 aliphatic carbocycles. The van der Waals surface area contributed by atoms with Crippen molar-refractivity contribution in [2.75, 3.05) is 23.7 Å². The van der Waals surface area contributed by atoms with Gasteiger partial charge in [-0.1, -0.05) is 35.3 Å². The molecular weight excluding hydrogens is 509 g/mol. The minimum absolute atomic E-state index is 0.0713. The molecule has 0 bridgehead atoms. The third-order valence-electron chi connectivity index (χ3n) is 5.50. The predicted octanol–water partition coefficient (Wildman–Crippen LogP) is 4.71. The lowest BCUT2D eigenvalue weighted by Crippen LogP contribution is -2.47. The van der Waals surface area contributed by atoms with E-state index in [0.717, 1.165) is 22.9 Å². The summed E-state index contributed by atoms with van der Waals surface area (Å²) in [5, 5.41) is 3.51. The van der Waals surface area contributed by atoms with E-state index in [2.05, 4.69) is 5.32 Å². The highest BCUT2D eigenvalue weighted by Gasteiger charge is 2.26. The maximum atomic E-state index is 13.2. The third-order valence-corrected chi connectivity index (χ3v) is 7.43. The molecule has 10 heteroatoms. The summed E-state index contributed by atoms with van der Waals surface area (Å²) in [5.74, 6) is -0.530. The normalized spacial score (nSPS) is 12.2. The van der Waals surface area contributed by atoms with Crippen molar-refractivity contribution in [1.29, 1.82) is 0 Å². The van der Waals surface area contributed by atoms with Crippen LogP contribution < -0.4 is 9.62 Å². The number of likely N-dealkylation sites (N-methyl/N-ethyl adjacent to an activating group) is 1. The molecule has 0 radical (unpaired) electrons. The molecule has 0 aliphatic heterocycles. The number of carbonyl (C=O) groups excluding carboxylic acids is 2. The van der Waals surface area contributed by atoms with Gasteiger partial charge in [-0.3, -0.25) is 13.9 Å². The molecule has 2 aromatic rings. The number of hydrogen-bond acceptors (Lipinski definition) is 4. The maximum Gasteiger partial charge on any atom is 0.242 e. The van der Waals surface area contributed by atoms with E-state index < -0.39 is 16.1 Å². The summed E-state index contributed by atoms with van der Waals surface area (Å²) >= 11 is 12.1. The molecule has 0 unspecified atom stereocenters. The predicted molar refractivity (Wildman–Crippen MR) is 142 cm³/mol. The largest absolute Gasteiger partial charge is 0.355 e. The Kier molecular flexibility index (Phi) is 10.4. The van der Waals surface area contributed by atoms with Gasteiger partial charge in [0.15, 0.2) is 0 Å². The van der Waals surface area contributed by atoms with Gasteiger partial charge in [-0.25, -0.2) is 8.42 Å². The van der Waals surface area contributed by atoms with Gasteiger partial charge in [-0.15, -0.1) is 0 Å². The molecule has 0 fully saturated rings. The summed E-state index contributed by atoms with van der Waals surface area (Å²) in [6.07, 6.45) is 1.51. The standard InChI is InChI=1S/C25H33Cl2N3O4S/c1-6-28-25(32)19(4)29(16-20-9-10-22(26)23(27)15-20)24(31)8-7-11-30(35(5,33)34)21-13-17(2)12-18(3)14-21/h9-10,12-15,19H,6-8,11,16H2,1-5H3,(H,28,32)/t19-/m1/s1. The van der Waals surface area contributed by atoms with Gasteiger partial charge in [-0.2, -0.15) is 0 Å². The quantitative estimate of drug-likeness (QED) is 0.446. The highest BCUT2D eigenvalue weighted by molar-refractivity contribution is 7.92. The van der Waals surface area contributed by atoms with Gasteiger partial charge in [0, 0.05) is 26.1 Å². The summed E-state index contributed by atoms with van der Waals surface area (Å²) in [5.41, 5.74) is 3.21. The Balaban J connectivity index is 2.20. The molecule has 0 heterocycles. The summed E-state index contributed by atoms with van der Waals surface area (Å²) < 4.78 is 26.3. The van der Waals surface area contributed by atoms with E-state index in [1.807, 2.05) is 39.0 Å². The molecule has 7 nitrogen and oxygen atoms in total. The summed E-state index contributed by atoms with van der Waals surface area (Å²) in [4.78, 5) is 27.2. The van der Waals surface area contributed by atoms with E-state index in [4.69, 9.17) is 23.2 Å². The Labute approximate surface area is 218 Å². The number of sulfonamides is 1. The van der Waals surface area contributed by atoms with Crippen LogP contribution in [0.4, 0.5) is 5.69 Å². The van der Waals surface area contributed by atoms with Gasteiger partial charge in [0.25, 0.3) is 0 Å². The molecule has 1 atom stereocenters. The first kappa shape index (κ1) is 28.9. The average molecular weight is 543 g/mol. The van der Waals surface area contributed by atoms with Gasteiger partial charge >= 0.3 is 0 Å². The lowest BCUT2D eigenvalue weighted by Gasteiger charge is -2.29. The number of benzene rings is 2. The zero-order valence-electron chi connectivity index (χ0n) is 20.8. The molecule has 2 aromatic carbocycles. The molecule has 35 heavy (non-hydrogen) atoms. The lowest BCUT2D eigenvalue weighted by atomic mass is 10.1. The number of halogens is 2. The van der Waals surface area contributed by atoms with Crippen LogP contribution in [0.15, 0.2) is 36.4 Å². The van der Waals surface area contributed by atoms with Crippen LogP contribution in [0.1, 0.15) is 43.4 Å². The molecular formula is C25H33Cl2N3O4S. The minimum atomic E-state index is -3.55. The number of amides is 2. The fourth-order valence-corrected chi connectivity index (χ4v) is 5.11. The molecule has 0 saturated carbocycles. The maximum absolute atomic E-state index is 13.2. The number of aryl methyl sites for hydroxylation is 2. The van der Waals surface area contributed by atoms with Gasteiger partial charge in [0.05, 0.1) is 22.0 Å². The van der Waals surface area contributed by atoms with E-state index in [1.165, 1.54) is 9.21 Å². The molecule has 192 valence electrons. The van der Waals surface area contributed by atoms with Crippen molar-refractivity contribution in [3.63, 3.8) is 0 Å². The second kappa shape index (κ2) is 12.6. The van der Waals surface area contributed by atoms with Crippen molar-refractivity contribution in [1.82, 2.24) is 10.2 Å². The highest BCUT2D eigenvalue weighted by atomic mass is 35.5. The number of nitrogens with zero attached hydrogens (tertiary/aromatic N) is 2. The Morgan fingerprint density at radius 1 is 1.03 bits per heavy atom. The Morgan fingerprint density at radius 2 is 1.66 bits per heavy atom. The van der Waals surface area contributed by atoms with Crippen molar-refractivity contribution in [3.05, 3.63) is 63.1 Å². The fraction of sp³-hybridized carbons (Fsp3) is 0.440. The van der Waals surface area contributed by atoms with Crippen LogP contribution in [-0.4, -0.2) is 50.5 Å². The Hall–Kier alpha value is -2.29. The smallest absolute Gasteiger partial charge is 0.242 e. The lowest BCUT2D eigenvalue weighted by molar-refractivity contribution is -0.140. The zero-order chi connectivity index (χ0) is 26.3. The number of rotatable bonds is 11. The van der Waals surface area contributed by atoms with Gasteiger partial charge in [0.1, 0.15) is 6.04 Å². The van der Waals surface area contributed by atoms with Crippen LogP contribution in [0.5, 0.6) is 0 Å². The molecule has 2 amide bonds. The van der Waals surface area contributed by atoms with Crippen molar-refractivity contribution < 1.29 is 18.0 Å². The van der Waals surface area contributed by atoms with Gasteiger partial charge in [-0.05, 0) is 75.1 Å². The van der Waals surface area contributed by atoms with Crippen LogP contribution in [0.25, 0.3) is 0 Å². The number of nitrogens with one attached hydrogen (secondary N) is 1. The van der Waals surface area contributed by atoms with Crippen molar-refractivity contribution in [2.24, 2.45) is 0 Å². The van der Waals surface area contributed by atoms with Crippen molar-refractivity contribution >= 4 is 50.7 Å². The molecule has 0 saturated heterocycles. The van der Waals surface area contributed by atoms with Gasteiger partial charge in [0.2, 0.25) is 21.8 Å². The average Bonchev–Trinajstić information content (AvgIpc) is 2.75. The van der Waals surface area contributed by atoms with Crippen LogP contribution >= 0.6 is 23.2 Å². The minimum Gasteiger partial charge on any atom is -0.355 e. The molecule has 0 spiro atoms. The van der Waals surface area contributed by atoms with E-state index in [-0.39, 0.29) is 31.3 Å². The second-order valence-corrected chi connectivity index (χ2v) is 11.3. The monoisotopic (exact) mass is 541 g/mol. The zero-order valence-corrected chi connectivity index (χ0v) is 23.1. The molecule has 0 aromatic heterocycles. The van der Waals surface area contributed by atoms with Crippen LogP contribution in [0.3, 0.4) is 0 Å². The first-order valence-electron chi connectivity index (χ1n) is 11.4. The summed E-state index contributed by atoms with van der Waals surface area (Å²) in [6.45, 7) is 8.04. The number of anilines is 1. The number of carbonyl (C=O) groups is 2. The Bertz CT molecular complexity index is 1150. The topological polar surface area (TPSA) is 86.8 Å². The summed E-state index contributed by atoms with van der Waals surface area (Å²) in [7, 11) is -3.55. The highest BCUT2D eigenvalue weighted by Crippen LogP contribution is 2.25. The first-order chi connectivity index (χ1) is 16.3. The Morgan fingerprint density at radius 3 is 2.20 bits per heavy atom. The second-order valence-electron chi connectivity index (χ2n) is 8.63.